The lowest BCUT2D eigenvalue weighted by Crippen LogP contribution is -2.48. The normalized spacial score (nSPS) is 30.2. The molecular formula is C16H24F4O5S. The lowest BCUT2D eigenvalue weighted by atomic mass is 9.57. The first-order valence-corrected chi connectivity index (χ1v) is 10.2. The Hall–Kier alpha value is -0.740. The first-order valence-electron chi connectivity index (χ1n) is 8.71. The molecular weight excluding hydrogens is 380 g/mol. The smallest absolute Gasteiger partial charge is 0.396 e. The molecule has 2 bridgehead atoms. The molecule has 0 aliphatic heterocycles. The van der Waals surface area contributed by atoms with Crippen LogP contribution in [0, 0.1) is 17.3 Å². The van der Waals surface area contributed by atoms with Crippen LogP contribution in [0.3, 0.4) is 0 Å². The number of fused-ring (bicyclic) bond motifs is 2. The van der Waals surface area contributed by atoms with E-state index in [1.807, 2.05) is 0 Å². The molecule has 5 nitrogen and oxygen atoms in total. The van der Waals surface area contributed by atoms with Crippen LogP contribution in [-0.4, -0.2) is 41.6 Å². The van der Waals surface area contributed by atoms with Gasteiger partial charge in [0.25, 0.3) is 0 Å². The molecule has 26 heavy (non-hydrogen) atoms. The molecule has 2 rings (SSSR count). The zero-order valence-electron chi connectivity index (χ0n) is 14.3. The van der Waals surface area contributed by atoms with Crippen LogP contribution >= 0.6 is 0 Å². The summed E-state index contributed by atoms with van der Waals surface area (Å²) in [5, 5.41) is 3.67. The number of alkyl halides is 4. The van der Waals surface area contributed by atoms with Crippen LogP contribution in [0.1, 0.15) is 57.8 Å². The Morgan fingerprint density at radius 2 is 1.65 bits per heavy atom. The van der Waals surface area contributed by atoms with Gasteiger partial charge < -0.3 is 5.11 Å². The van der Waals surface area contributed by atoms with Crippen LogP contribution in [0.25, 0.3) is 0 Å². The summed E-state index contributed by atoms with van der Waals surface area (Å²) in [6.07, 6.45) is 2.13. The zero-order chi connectivity index (χ0) is 19.8. The fourth-order valence-corrected chi connectivity index (χ4v) is 5.10. The van der Waals surface area contributed by atoms with Gasteiger partial charge >= 0.3 is 21.3 Å². The molecule has 0 radical (unpaired) electrons. The average Bonchev–Trinajstić information content (AvgIpc) is 2.51. The van der Waals surface area contributed by atoms with E-state index in [0.717, 1.165) is 25.7 Å². The van der Waals surface area contributed by atoms with E-state index in [0.29, 0.717) is 12.8 Å². The summed E-state index contributed by atoms with van der Waals surface area (Å²) < 4.78 is 83.4. The molecule has 0 spiro atoms. The summed E-state index contributed by atoms with van der Waals surface area (Å²) in [6.45, 7) is -0.317. The molecule has 2 N–H and O–H groups in total. The van der Waals surface area contributed by atoms with Crippen LogP contribution in [-0.2, 0) is 14.9 Å². The molecule has 0 aromatic heterocycles. The van der Waals surface area contributed by atoms with E-state index in [2.05, 4.69) is 0 Å². The number of carbonyl (C=O) groups is 1. The summed E-state index contributed by atoms with van der Waals surface area (Å²) in [4.78, 5) is 12.7. The fraction of sp³-hybridized carbons (Fsp3) is 0.938. The molecule has 10 heteroatoms. The molecule has 0 saturated heterocycles. The van der Waals surface area contributed by atoms with Crippen molar-refractivity contribution in [3.05, 3.63) is 0 Å². The van der Waals surface area contributed by atoms with Gasteiger partial charge in [0.2, 0.25) is 0 Å². The van der Waals surface area contributed by atoms with Gasteiger partial charge in [0, 0.05) is 24.9 Å². The average molecular weight is 404 g/mol. The SMILES string of the molecule is O=C(CCC(F)(F)C(F)(F)S(=O)(=O)O)C1(CCO)CC2CCCC(C2)C1. The number of Topliss-reactive ketones (excluding diaryl/α,β-unsaturated/α-hetero) is 1. The molecule has 0 aromatic carbocycles. The predicted molar refractivity (Wildman–Crippen MR) is 84.5 cm³/mol. The molecule has 0 amide bonds. The van der Waals surface area contributed by atoms with Crippen molar-refractivity contribution < 1.29 is 40.4 Å². The van der Waals surface area contributed by atoms with Crippen molar-refractivity contribution in [2.45, 2.75) is 69.0 Å². The topological polar surface area (TPSA) is 91.7 Å². The van der Waals surface area contributed by atoms with Crippen molar-refractivity contribution in [3.8, 4) is 0 Å². The van der Waals surface area contributed by atoms with Gasteiger partial charge in [-0.25, -0.2) is 0 Å². The van der Waals surface area contributed by atoms with Crippen molar-refractivity contribution >= 4 is 15.9 Å². The molecule has 0 heterocycles. The number of hydrogen-bond acceptors (Lipinski definition) is 4. The van der Waals surface area contributed by atoms with E-state index in [9.17, 15) is 35.9 Å². The second-order valence-electron chi connectivity index (χ2n) is 7.68. The number of hydrogen-bond donors (Lipinski definition) is 2. The Morgan fingerprint density at radius 1 is 1.12 bits per heavy atom. The maximum absolute atomic E-state index is 13.7. The van der Waals surface area contributed by atoms with Crippen molar-refractivity contribution in [2.24, 2.45) is 17.3 Å². The monoisotopic (exact) mass is 404 g/mol. The van der Waals surface area contributed by atoms with Crippen molar-refractivity contribution in [3.63, 3.8) is 0 Å². The Bertz CT molecular complexity index is 623. The third-order valence-corrected chi connectivity index (χ3v) is 6.79. The Balaban J connectivity index is 2.13. The highest BCUT2D eigenvalue weighted by Gasteiger charge is 2.65. The van der Waals surface area contributed by atoms with Crippen LogP contribution in [0.15, 0.2) is 0 Å². The Kier molecular flexibility index (Phi) is 6.09. The molecule has 152 valence electrons. The first-order chi connectivity index (χ1) is 11.8. The van der Waals surface area contributed by atoms with E-state index in [4.69, 9.17) is 4.55 Å². The van der Waals surface area contributed by atoms with Crippen molar-refractivity contribution in [2.75, 3.05) is 6.61 Å². The maximum atomic E-state index is 13.7. The zero-order valence-corrected chi connectivity index (χ0v) is 15.1. The molecule has 2 fully saturated rings. The molecule has 2 aliphatic carbocycles. The third kappa shape index (κ3) is 4.06. The molecule has 2 aliphatic rings. The van der Waals surface area contributed by atoms with E-state index >= 15 is 0 Å². The molecule has 2 saturated carbocycles. The highest BCUT2D eigenvalue weighted by atomic mass is 32.2. The minimum absolute atomic E-state index is 0.0824. The van der Waals surface area contributed by atoms with E-state index in [1.165, 1.54) is 0 Å². The number of aliphatic hydroxyl groups is 1. The van der Waals surface area contributed by atoms with Gasteiger partial charge in [0.1, 0.15) is 5.78 Å². The number of carbonyl (C=O) groups excluding carboxylic acids is 1. The van der Waals surface area contributed by atoms with E-state index in [-0.39, 0.29) is 24.9 Å². The molecule has 0 aromatic rings. The van der Waals surface area contributed by atoms with Gasteiger partial charge in [-0.05, 0) is 37.5 Å². The minimum Gasteiger partial charge on any atom is -0.396 e. The second-order valence-corrected chi connectivity index (χ2v) is 9.14. The van der Waals surface area contributed by atoms with Gasteiger partial charge in [-0.1, -0.05) is 19.3 Å². The van der Waals surface area contributed by atoms with Gasteiger partial charge in [0.05, 0.1) is 0 Å². The summed E-state index contributed by atoms with van der Waals surface area (Å²) in [5.41, 5.74) is -1.02. The van der Waals surface area contributed by atoms with Gasteiger partial charge in [0.15, 0.2) is 0 Å². The number of rotatable bonds is 8. The number of halogens is 4. The first kappa shape index (κ1) is 21.6. The van der Waals surface area contributed by atoms with Gasteiger partial charge in [-0.3, -0.25) is 9.35 Å². The number of ketones is 1. The highest BCUT2D eigenvalue weighted by molar-refractivity contribution is 7.87. The van der Waals surface area contributed by atoms with E-state index < -0.39 is 45.3 Å². The van der Waals surface area contributed by atoms with Crippen LogP contribution < -0.4 is 0 Å². The standard InChI is InChI=1S/C16H24F4O5S/c17-15(18,16(19,20)26(23,24)25)5-4-13(22)14(6-7-21)9-11-2-1-3-12(8-11)10-14/h11-12,21H,1-10H2,(H,23,24,25). The quantitative estimate of drug-likeness (QED) is 0.478. The second kappa shape index (κ2) is 7.35. The summed E-state index contributed by atoms with van der Waals surface area (Å²) in [6, 6.07) is 0. The van der Waals surface area contributed by atoms with Gasteiger partial charge in [-0.15, -0.1) is 0 Å². The highest BCUT2D eigenvalue weighted by Crippen LogP contribution is 2.52. The fourth-order valence-electron chi connectivity index (χ4n) is 4.62. The Morgan fingerprint density at radius 3 is 2.12 bits per heavy atom. The van der Waals surface area contributed by atoms with Gasteiger partial charge in [-0.2, -0.15) is 26.0 Å². The minimum atomic E-state index is -6.31. The maximum Gasteiger partial charge on any atom is 0.431 e. The predicted octanol–water partition coefficient (Wildman–Crippen LogP) is 3.42. The van der Waals surface area contributed by atoms with E-state index in [1.54, 1.807) is 0 Å². The largest absolute Gasteiger partial charge is 0.431 e. The summed E-state index contributed by atoms with van der Waals surface area (Å²) in [7, 11) is -6.31. The Labute approximate surface area is 149 Å². The lowest BCUT2D eigenvalue weighted by molar-refractivity contribution is -0.168. The summed E-state index contributed by atoms with van der Waals surface area (Å²) >= 11 is 0. The number of aliphatic hydroxyl groups excluding tert-OH is 1. The van der Waals surface area contributed by atoms with Crippen molar-refractivity contribution in [1.29, 1.82) is 0 Å². The summed E-state index contributed by atoms with van der Waals surface area (Å²) in [5.74, 6) is -5.22. The molecule has 2 unspecified atom stereocenters. The van der Waals surface area contributed by atoms with Crippen molar-refractivity contribution in [1.82, 2.24) is 0 Å². The van der Waals surface area contributed by atoms with Crippen LogP contribution in [0.4, 0.5) is 17.6 Å². The molecule has 2 atom stereocenters. The third-order valence-electron chi connectivity index (χ3n) is 5.85. The lowest BCUT2D eigenvalue weighted by Gasteiger charge is -2.46. The van der Waals surface area contributed by atoms with Crippen LogP contribution in [0.2, 0.25) is 0 Å². The van der Waals surface area contributed by atoms with Crippen LogP contribution in [0.5, 0.6) is 0 Å².